The first-order valence-corrected chi connectivity index (χ1v) is 3.38. The number of nitrogens with zero attached hydrogens (tertiary/aromatic N) is 1. The van der Waals surface area contributed by atoms with Crippen LogP contribution in [0.2, 0.25) is 0 Å². The summed E-state index contributed by atoms with van der Waals surface area (Å²) >= 11 is 0. The Kier molecular flexibility index (Phi) is 7.39. The average molecular weight is 209 g/mol. The van der Waals surface area contributed by atoms with E-state index in [1.165, 1.54) is 0 Å². The largest absolute Gasteiger partial charge is 0.324 e. The fourth-order valence-corrected chi connectivity index (χ4v) is 0.851. The summed E-state index contributed by atoms with van der Waals surface area (Å²) in [5.41, 5.74) is 7.82. The van der Waals surface area contributed by atoms with Crippen molar-refractivity contribution in [3.8, 4) is 0 Å². The molecule has 1 aromatic rings. The van der Waals surface area contributed by atoms with Crippen LogP contribution in [0.25, 0.3) is 0 Å². The Morgan fingerprint density at radius 2 is 2.00 bits per heavy atom. The maximum Gasteiger partial charge on any atom is 0.0375 e. The zero-order valence-electron chi connectivity index (χ0n) is 7.15. The molecular weight excluding hydrogens is 195 g/mol. The molecular formula is C8H14Cl2N2. The Balaban J connectivity index is 0. The van der Waals surface area contributed by atoms with Gasteiger partial charge in [0.2, 0.25) is 0 Å². The van der Waals surface area contributed by atoms with Crippen LogP contribution >= 0.6 is 24.8 Å². The molecule has 70 valence electrons. The molecule has 1 aromatic heterocycles. The van der Waals surface area contributed by atoms with E-state index in [1.807, 2.05) is 26.0 Å². The van der Waals surface area contributed by atoms with Crippen LogP contribution in [0.1, 0.15) is 24.2 Å². The van der Waals surface area contributed by atoms with Crippen LogP contribution in [0.5, 0.6) is 0 Å². The van der Waals surface area contributed by atoms with Crippen LogP contribution in [0, 0.1) is 6.92 Å². The Morgan fingerprint density at radius 1 is 1.42 bits per heavy atom. The summed E-state index contributed by atoms with van der Waals surface area (Å²) in [5.74, 6) is 0. The van der Waals surface area contributed by atoms with E-state index in [-0.39, 0.29) is 30.9 Å². The van der Waals surface area contributed by atoms with Crippen LogP contribution in [-0.2, 0) is 0 Å². The van der Waals surface area contributed by atoms with E-state index < -0.39 is 0 Å². The van der Waals surface area contributed by atoms with Crippen LogP contribution in [0.3, 0.4) is 0 Å². The fraction of sp³-hybridized carbons (Fsp3) is 0.375. The summed E-state index contributed by atoms with van der Waals surface area (Å²) in [6, 6.07) is 4.06. The lowest BCUT2D eigenvalue weighted by molar-refractivity contribution is 0.813. The maximum absolute atomic E-state index is 5.65. The van der Waals surface area contributed by atoms with Crippen molar-refractivity contribution in [1.82, 2.24) is 4.98 Å². The van der Waals surface area contributed by atoms with Gasteiger partial charge in [-0.25, -0.2) is 0 Å². The van der Waals surface area contributed by atoms with Crippen molar-refractivity contribution in [2.45, 2.75) is 19.9 Å². The number of hydrogen-bond acceptors (Lipinski definition) is 2. The molecule has 0 aliphatic rings. The first-order chi connectivity index (χ1) is 4.70. The highest BCUT2D eigenvalue weighted by Crippen LogP contribution is 2.08. The number of nitrogens with two attached hydrogens (primary N) is 1. The van der Waals surface area contributed by atoms with Crippen molar-refractivity contribution in [3.63, 3.8) is 0 Å². The molecule has 0 radical (unpaired) electrons. The average Bonchev–Trinajstić information content (AvgIpc) is 1.88. The summed E-state index contributed by atoms with van der Waals surface area (Å²) in [5, 5.41) is 0. The molecule has 1 atom stereocenters. The second kappa shape index (κ2) is 6.23. The van der Waals surface area contributed by atoms with E-state index in [4.69, 9.17) is 5.73 Å². The Morgan fingerprint density at radius 3 is 2.33 bits per heavy atom. The van der Waals surface area contributed by atoms with Gasteiger partial charge in [0.25, 0.3) is 0 Å². The van der Waals surface area contributed by atoms with Gasteiger partial charge in [-0.2, -0.15) is 0 Å². The summed E-state index contributed by atoms with van der Waals surface area (Å²) < 4.78 is 0. The van der Waals surface area contributed by atoms with Crippen LogP contribution in [0.4, 0.5) is 0 Å². The predicted molar refractivity (Wildman–Crippen MR) is 56.1 cm³/mol. The molecule has 0 bridgehead atoms. The third-order valence-corrected chi connectivity index (χ3v) is 1.45. The standard InChI is InChI=1S/C8H12N2.2ClH/c1-6-5-8(7(2)9)3-4-10-6;;/h3-5,7H,9H2,1-2H3;2*1H. The summed E-state index contributed by atoms with van der Waals surface area (Å²) in [6.07, 6.45) is 1.79. The second-order valence-corrected chi connectivity index (χ2v) is 2.52. The van der Waals surface area contributed by atoms with Crippen molar-refractivity contribution in [2.75, 3.05) is 0 Å². The highest BCUT2D eigenvalue weighted by atomic mass is 35.5. The topological polar surface area (TPSA) is 38.9 Å². The van der Waals surface area contributed by atoms with E-state index in [1.54, 1.807) is 6.20 Å². The second-order valence-electron chi connectivity index (χ2n) is 2.52. The smallest absolute Gasteiger partial charge is 0.0375 e. The van der Waals surface area contributed by atoms with E-state index in [2.05, 4.69) is 4.98 Å². The van der Waals surface area contributed by atoms with Crippen molar-refractivity contribution < 1.29 is 0 Å². The molecule has 0 aliphatic heterocycles. The predicted octanol–water partition coefficient (Wildman–Crippen LogP) is 2.25. The number of aromatic nitrogens is 1. The molecule has 12 heavy (non-hydrogen) atoms. The van der Waals surface area contributed by atoms with Gasteiger partial charge in [-0.3, -0.25) is 4.98 Å². The minimum absolute atomic E-state index is 0. The maximum atomic E-state index is 5.65. The minimum atomic E-state index is 0. The minimum Gasteiger partial charge on any atom is -0.324 e. The van der Waals surface area contributed by atoms with Gasteiger partial charge in [0.15, 0.2) is 0 Å². The van der Waals surface area contributed by atoms with Crippen LogP contribution in [0.15, 0.2) is 18.3 Å². The fourth-order valence-electron chi connectivity index (χ4n) is 0.851. The Bertz CT molecular complexity index is 226. The molecule has 2 N–H and O–H groups in total. The molecule has 2 nitrogen and oxygen atoms in total. The molecule has 0 aromatic carbocycles. The molecule has 0 aliphatic carbocycles. The molecule has 1 heterocycles. The van der Waals surface area contributed by atoms with Gasteiger partial charge in [-0.15, -0.1) is 24.8 Å². The van der Waals surface area contributed by atoms with Crippen molar-refractivity contribution >= 4 is 24.8 Å². The number of pyridine rings is 1. The molecule has 0 saturated heterocycles. The monoisotopic (exact) mass is 208 g/mol. The third kappa shape index (κ3) is 3.90. The summed E-state index contributed by atoms with van der Waals surface area (Å²) in [6.45, 7) is 3.93. The number of aryl methyl sites for hydroxylation is 1. The number of hydrogen-bond donors (Lipinski definition) is 1. The third-order valence-electron chi connectivity index (χ3n) is 1.45. The highest BCUT2D eigenvalue weighted by Gasteiger charge is 1.97. The van der Waals surface area contributed by atoms with E-state index in [0.717, 1.165) is 11.3 Å². The van der Waals surface area contributed by atoms with Gasteiger partial charge in [0.05, 0.1) is 0 Å². The highest BCUT2D eigenvalue weighted by molar-refractivity contribution is 5.85. The van der Waals surface area contributed by atoms with E-state index in [0.29, 0.717) is 0 Å². The lowest BCUT2D eigenvalue weighted by atomic mass is 10.1. The Hall–Kier alpha value is -0.310. The van der Waals surface area contributed by atoms with Gasteiger partial charge < -0.3 is 5.73 Å². The molecule has 0 amide bonds. The first-order valence-electron chi connectivity index (χ1n) is 3.38. The van der Waals surface area contributed by atoms with Crippen molar-refractivity contribution in [2.24, 2.45) is 5.73 Å². The molecule has 0 spiro atoms. The van der Waals surface area contributed by atoms with Gasteiger partial charge in [0, 0.05) is 17.9 Å². The normalized spacial score (nSPS) is 10.9. The van der Waals surface area contributed by atoms with Crippen molar-refractivity contribution in [3.05, 3.63) is 29.6 Å². The molecule has 1 unspecified atom stereocenters. The van der Waals surface area contributed by atoms with Crippen molar-refractivity contribution in [1.29, 1.82) is 0 Å². The lowest BCUT2D eigenvalue weighted by Crippen LogP contribution is -2.04. The van der Waals surface area contributed by atoms with E-state index in [9.17, 15) is 0 Å². The lowest BCUT2D eigenvalue weighted by Gasteiger charge is -2.04. The summed E-state index contributed by atoms with van der Waals surface area (Å²) in [7, 11) is 0. The van der Waals surface area contributed by atoms with Gasteiger partial charge in [0.1, 0.15) is 0 Å². The number of rotatable bonds is 1. The molecule has 0 saturated carbocycles. The van der Waals surface area contributed by atoms with Crippen LogP contribution in [-0.4, -0.2) is 4.98 Å². The van der Waals surface area contributed by atoms with Gasteiger partial charge in [-0.1, -0.05) is 0 Å². The molecule has 0 fully saturated rings. The molecule has 1 rings (SSSR count). The van der Waals surface area contributed by atoms with E-state index >= 15 is 0 Å². The Labute approximate surface area is 85.4 Å². The number of halogens is 2. The quantitative estimate of drug-likeness (QED) is 0.770. The van der Waals surface area contributed by atoms with Crippen LogP contribution < -0.4 is 5.73 Å². The first kappa shape index (κ1) is 14.2. The van der Waals surface area contributed by atoms with Gasteiger partial charge >= 0.3 is 0 Å². The SMILES string of the molecule is Cc1cc(C(C)N)ccn1.Cl.Cl. The molecule has 4 heteroatoms. The summed E-state index contributed by atoms with van der Waals surface area (Å²) in [4.78, 5) is 4.07. The van der Waals surface area contributed by atoms with Gasteiger partial charge in [-0.05, 0) is 31.5 Å². The zero-order chi connectivity index (χ0) is 7.56. The zero-order valence-corrected chi connectivity index (χ0v) is 8.78.